The Balaban J connectivity index is 1.19. The number of carbonyl (C=O) groups is 2. The van der Waals surface area contributed by atoms with E-state index < -0.39 is 0 Å². The van der Waals surface area contributed by atoms with Crippen LogP contribution in [0.5, 0.6) is 0 Å². The zero-order valence-electron chi connectivity index (χ0n) is 30.3. The van der Waals surface area contributed by atoms with Crippen LogP contribution in [-0.2, 0) is 74.8 Å². The van der Waals surface area contributed by atoms with Crippen LogP contribution in [0.1, 0.15) is 32.4 Å². The van der Waals surface area contributed by atoms with Crippen LogP contribution in [-0.4, -0.2) is 172 Å². The van der Waals surface area contributed by atoms with Crippen molar-refractivity contribution >= 4 is 11.8 Å². The topological polar surface area (TPSA) is 157 Å². The molecule has 0 radical (unpaired) electrons. The Bertz CT molecular complexity index is 955. The zero-order valence-corrected chi connectivity index (χ0v) is 30.3. The number of amides is 2. The summed E-state index contributed by atoms with van der Waals surface area (Å²) in [6.07, 6.45) is 4.80. The minimum atomic E-state index is -0.249. The van der Waals surface area contributed by atoms with Gasteiger partial charge in [-0.25, -0.2) is 4.98 Å². The van der Waals surface area contributed by atoms with Gasteiger partial charge in [-0.3, -0.25) is 14.5 Å². The molecule has 1 saturated heterocycles. The van der Waals surface area contributed by atoms with E-state index in [1.165, 1.54) is 4.90 Å². The lowest BCUT2D eigenvalue weighted by molar-refractivity contribution is -0.140. The molecule has 2 heterocycles. The van der Waals surface area contributed by atoms with Gasteiger partial charge in [-0.1, -0.05) is 13.8 Å². The quantitative estimate of drug-likeness (QED) is 0.0718. The Labute approximate surface area is 297 Å². The highest BCUT2D eigenvalue weighted by Gasteiger charge is 2.35. The second-order valence-corrected chi connectivity index (χ2v) is 11.3. The molecule has 2 amide bonds. The molecule has 1 unspecified atom stereocenters. The standard InChI is InChI=1S/C34H61N3O13/c1-3-5-40-7-9-42-11-13-44-15-17-46-19-21-48-23-25-50-26-24-49-22-20-47-18-16-45-14-12-43-10-8-41-6-4-36-28-32(35-30-36)29-37-33(38)27-31(2)34(37)39/h28,30-31H,3-27,29H2,1-2H3. The summed E-state index contributed by atoms with van der Waals surface area (Å²) in [5, 5.41) is 0. The monoisotopic (exact) mass is 719 g/mol. The van der Waals surface area contributed by atoms with Gasteiger partial charge in [0.1, 0.15) is 0 Å². The Morgan fingerprint density at radius 2 is 0.900 bits per heavy atom. The van der Waals surface area contributed by atoms with Crippen molar-refractivity contribution in [1.82, 2.24) is 14.5 Å². The van der Waals surface area contributed by atoms with Crippen LogP contribution >= 0.6 is 0 Å². The molecule has 1 aliphatic heterocycles. The van der Waals surface area contributed by atoms with Gasteiger partial charge in [-0.05, 0) is 6.42 Å². The minimum absolute atomic E-state index is 0.135. The van der Waals surface area contributed by atoms with Crippen LogP contribution in [0.2, 0.25) is 0 Å². The Morgan fingerprint density at radius 3 is 1.22 bits per heavy atom. The number of aromatic nitrogens is 2. The number of carbonyl (C=O) groups excluding carboxylic acids is 2. The van der Waals surface area contributed by atoms with Crippen LogP contribution in [0.3, 0.4) is 0 Å². The fraction of sp³-hybridized carbons (Fsp3) is 0.853. The van der Waals surface area contributed by atoms with E-state index in [9.17, 15) is 9.59 Å². The molecular formula is C34H61N3O13. The number of ether oxygens (including phenoxy) is 11. The summed E-state index contributed by atoms with van der Waals surface area (Å²) in [6, 6.07) is 0. The first-order valence-electron chi connectivity index (χ1n) is 17.8. The van der Waals surface area contributed by atoms with E-state index in [2.05, 4.69) is 11.9 Å². The van der Waals surface area contributed by atoms with Crippen molar-refractivity contribution in [3.63, 3.8) is 0 Å². The van der Waals surface area contributed by atoms with E-state index in [1.807, 2.05) is 10.8 Å². The van der Waals surface area contributed by atoms with E-state index in [1.54, 1.807) is 13.3 Å². The summed E-state index contributed by atoms with van der Waals surface area (Å²) in [4.78, 5) is 29.6. The summed E-state index contributed by atoms with van der Waals surface area (Å²) in [5.74, 6) is -0.526. The van der Waals surface area contributed by atoms with Gasteiger partial charge >= 0.3 is 0 Å². The number of nitrogens with zero attached hydrogens (tertiary/aromatic N) is 3. The van der Waals surface area contributed by atoms with E-state index in [4.69, 9.17) is 52.1 Å². The third kappa shape index (κ3) is 23.4. The highest BCUT2D eigenvalue weighted by Crippen LogP contribution is 2.20. The van der Waals surface area contributed by atoms with Gasteiger partial charge in [0.15, 0.2) is 0 Å². The van der Waals surface area contributed by atoms with Gasteiger partial charge < -0.3 is 56.7 Å². The lowest BCUT2D eigenvalue weighted by Gasteiger charge is -2.12. The summed E-state index contributed by atoms with van der Waals surface area (Å²) in [5.41, 5.74) is 0.682. The molecule has 0 aromatic carbocycles. The molecule has 0 bridgehead atoms. The molecule has 2 rings (SSSR count). The third-order valence-corrected chi connectivity index (χ3v) is 7.04. The maximum atomic E-state index is 12.1. The predicted molar refractivity (Wildman–Crippen MR) is 181 cm³/mol. The largest absolute Gasteiger partial charge is 0.379 e. The lowest BCUT2D eigenvalue weighted by Crippen LogP contribution is -2.29. The summed E-state index contributed by atoms with van der Waals surface area (Å²) < 4.78 is 62.1. The highest BCUT2D eigenvalue weighted by molar-refractivity contribution is 6.03. The Hall–Kier alpha value is -2.09. The maximum absolute atomic E-state index is 12.1. The van der Waals surface area contributed by atoms with Crippen LogP contribution in [0, 0.1) is 5.92 Å². The molecule has 1 fully saturated rings. The summed E-state index contributed by atoms with van der Waals surface area (Å²) in [6.45, 7) is 16.2. The van der Waals surface area contributed by atoms with Crippen LogP contribution in [0.25, 0.3) is 0 Å². The SMILES string of the molecule is CCCOCCOCCOCCOCCOCCOCCOCCOCCOCCOCCOCCn1cnc(CN2C(=O)CC(C)C2=O)c1. The number of imide groups is 1. The lowest BCUT2D eigenvalue weighted by atomic mass is 10.1. The van der Waals surface area contributed by atoms with Gasteiger partial charge in [0.25, 0.3) is 0 Å². The third-order valence-electron chi connectivity index (χ3n) is 7.04. The van der Waals surface area contributed by atoms with Crippen LogP contribution < -0.4 is 0 Å². The average molecular weight is 720 g/mol. The number of imidazole rings is 1. The van der Waals surface area contributed by atoms with Crippen LogP contribution in [0.15, 0.2) is 12.5 Å². The normalized spacial score (nSPS) is 14.8. The molecule has 0 N–H and O–H groups in total. The summed E-state index contributed by atoms with van der Waals surface area (Å²) >= 11 is 0. The summed E-state index contributed by atoms with van der Waals surface area (Å²) in [7, 11) is 0. The fourth-order valence-corrected chi connectivity index (χ4v) is 4.40. The first-order valence-corrected chi connectivity index (χ1v) is 17.8. The fourth-order valence-electron chi connectivity index (χ4n) is 4.40. The molecule has 290 valence electrons. The van der Waals surface area contributed by atoms with Gasteiger partial charge in [-0.2, -0.15) is 0 Å². The predicted octanol–water partition coefficient (Wildman–Crippen LogP) is 1.37. The molecule has 16 heteroatoms. The smallest absolute Gasteiger partial charge is 0.232 e. The minimum Gasteiger partial charge on any atom is -0.379 e. The molecule has 1 atom stereocenters. The second kappa shape index (κ2) is 31.6. The van der Waals surface area contributed by atoms with E-state index in [0.717, 1.165) is 13.0 Å². The first-order chi connectivity index (χ1) is 24.6. The van der Waals surface area contributed by atoms with E-state index >= 15 is 0 Å². The molecule has 1 aliphatic rings. The van der Waals surface area contributed by atoms with Crippen molar-refractivity contribution in [3.05, 3.63) is 18.2 Å². The van der Waals surface area contributed by atoms with Crippen molar-refractivity contribution in [3.8, 4) is 0 Å². The van der Waals surface area contributed by atoms with Gasteiger partial charge in [0, 0.05) is 31.7 Å². The van der Waals surface area contributed by atoms with Crippen molar-refractivity contribution < 1.29 is 61.7 Å². The van der Waals surface area contributed by atoms with Gasteiger partial charge in [0.05, 0.1) is 157 Å². The second-order valence-electron chi connectivity index (χ2n) is 11.3. The van der Waals surface area contributed by atoms with E-state index in [-0.39, 0.29) is 30.7 Å². The molecular weight excluding hydrogens is 658 g/mol. The first kappa shape index (κ1) is 44.1. The molecule has 1 aromatic rings. The van der Waals surface area contributed by atoms with Gasteiger partial charge in [0.2, 0.25) is 11.8 Å². The van der Waals surface area contributed by atoms with Crippen LogP contribution in [0.4, 0.5) is 0 Å². The van der Waals surface area contributed by atoms with Crippen molar-refractivity contribution in [2.75, 3.05) is 145 Å². The number of hydrogen-bond acceptors (Lipinski definition) is 14. The van der Waals surface area contributed by atoms with Crippen molar-refractivity contribution in [1.29, 1.82) is 0 Å². The molecule has 0 aliphatic carbocycles. The highest BCUT2D eigenvalue weighted by atomic mass is 16.6. The molecule has 1 aromatic heterocycles. The average Bonchev–Trinajstić information content (AvgIpc) is 3.66. The molecule has 50 heavy (non-hydrogen) atoms. The molecule has 0 spiro atoms. The van der Waals surface area contributed by atoms with Gasteiger partial charge in [-0.15, -0.1) is 0 Å². The Morgan fingerprint density at radius 1 is 0.560 bits per heavy atom. The zero-order chi connectivity index (χ0) is 35.7. The Kier molecular flexibility index (Phi) is 27.9. The van der Waals surface area contributed by atoms with Crippen molar-refractivity contribution in [2.24, 2.45) is 5.92 Å². The maximum Gasteiger partial charge on any atom is 0.232 e. The molecule has 16 nitrogen and oxygen atoms in total. The van der Waals surface area contributed by atoms with E-state index in [0.29, 0.717) is 151 Å². The van der Waals surface area contributed by atoms with Crippen molar-refractivity contribution in [2.45, 2.75) is 39.8 Å². The molecule has 0 saturated carbocycles. The number of likely N-dealkylation sites (tertiary alicyclic amines) is 1. The number of hydrogen-bond donors (Lipinski definition) is 0. The number of rotatable bonds is 37.